The summed E-state index contributed by atoms with van der Waals surface area (Å²) in [6, 6.07) is 2.98. The highest BCUT2D eigenvalue weighted by Gasteiger charge is 2.24. The number of amides is 1. The van der Waals surface area contributed by atoms with Crippen molar-refractivity contribution in [3.8, 4) is 0 Å². The van der Waals surface area contributed by atoms with Crippen LogP contribution in [0.15, 0.2) is 18.2 Å². The fraction of sp³-hybridized carbons (Fsp3) is 0.417. The van der Waals surface area contributed by atoms with E-state index in [1.165, 1.54) is 11.0 Å². The molecule has 92 valence electrons. The van der Waals surface area contributed by atoms with Gasteiger partial charge in [0.05, 0.1) is 18.3 Å². The predicted octanol–water partition coefficient (Wildman–Crippen LogP) is 1.83. The second-order valence-electron chi connectivity index (χ2n) is 4.06. The highest BCUT2D eigenvalue weighted by Crippen LogP contribution is 2.14. The van der Waals surface area contributed by atoms with Gasteiger partial charge in [-0.05, 0) is 19.1 Å². The van der Waals surface area contributed by atoms with Crippen molar-refractivity contribution < 1.29 is 18.3 Å². The van der Waals surface area contributed by atoms with E-state index in [2.05, 4.69) is 0 Å². The second kappa shape index (κ2) is 4.79. The Balaban J connectivity index is 2.18. The second-order valence-corrected chi connectivity index (χ2v) is 4.06. The zero-order valence-electron chi connectivity index (χ0n) is 9.45. The molecule has 3 nitrogen and oxygen atoms in total. The molecule has 0 spiro atoms. The van der Waals surface area contributed by atoms with Crippen molar-refractivity contribution in [1.82, 2.24) is 4.90 Å². The summed E-state index contributed by atoms with van der Waals surface area (Å²) in [5, 5.41) is 0. The van der Waals surface area contributed by atoms with Crippen molar-refractivity contribution in [2.75, 3.05) is 19.7 Å². The maximum Gasteiger partial charge on any atom is 0.256 e. The Kier molecular flexibility index (Phi) is 3.38. The number of carbonyl (C=O) groups excluding carboxylic acids is 1. The molecule has 0 radical (unpaired) electrons. The summed E-state index contributed by atoms with van der Waals surface area (Å²) < 4.78 is 31.5. The SMILES string of the molecule is CC1CN(C(=O)c2ccc(F)cc2F)CCO1. The molecule has 1 atom stereocenters. The highest BCUT2D eigenvalue weighted by molar-refractivity contribution is 5.94. The van der Waals surface area contributed by atoms with E-state index in [0.717, 1.165) is 12.1 Å². The zero-order valence-corrected chi connectivity index (χ0v) is 9.45. The Morgan fingerprint density at radius 1 is 1.47 bits per heavy atom. The van der Waals surface area contributed by atoms with Crippen LogP contribution in [0, 0.1) is 11.6 Å². The predicted molar refractivity (Wildman–Crippen MR) is 57.7 cm³/mol. The smallest absolute Gasteiger partial charge is 0.256 e. The molecule has 2 rings (SSSR count). The third kappa shape index (κ3) is 2.61. The van der Waals surface area contributed by atoms with Crippen LogP contribution in [-0.2, 0) is 4.74 Å². The van der Waals surface area contributed by atoms with Crippen molar-refractivity contribution in [1.29, 1.82) is 0 Å². The van der Waals surface area contributed by atoms with Crippen LogP contribution in [0.3, 0.4) is 0 Å². The van der Waals surface area contributed by atoms with E-state index < -0.39 is 17.5 Å². The first-order chi connectivity index (χ1) is 8.08. The van der Waals surface area contributed by atoms with Gasteiger partial charge in [-0.2, -0.15) is 0 Å². The van der Waals surface area contributed by atoms with Gasteiger partial charge in [0, 0.05) is 19.2 Å². The minimum absolute atomic E-state index is 0.0591. The van der Waals surface area contributed by atoms with E-state index in [4.69, 9.17) is 4.74 Å². The first kappa shape index (κ1) is 12.0. The lowest BCUT2D eigenvalue weighted by Crippen LogP contribution is -2.44. The summed E-state index contributed by atoms with van der Waals surface area (Å²) in [6.07, 6.45) is -0.0591. The lowest BCUT2D eigenvalue weighted by Gasteiger charge is -2.31. The molecule has 0 bridgehead atoms. The maximum atomic E-state index is 13.4. The number of benzene rings is 1. The van der Waals surface area contributed by atoms with Crippen molar-refractivity contribution in [3.63, 3.8) is 0 Å². The molecule has 1 unspecified atom stereocenters. The molecule has 1 amide bonds. The van der Waals surface area contributed by atoms with E-state index in [0.29, 0.717) is 19.7 Å². The average Bonchev–Trinajstić information content (AvgIpc) is 2.28. The minimum Gasteiger partial charge on any atom is -0.375 e. The van der Waals surface area contributed by atoms with Gasteiger partial charge in [0.2, 0.25) is 0 Å². The number of rotatable bonds is 1. The van der Waals surface area contributed by atoms with Crippen LogP contribution in [0.2, 0.25) is 0 Å². The fourth-order valence-electron chi connectivity index (χ4n) is 1.84. The summed E-state index contributed by atoms with van der Waals surface area (Å²) in [7, 11) is 0. The summed E-state index contributed by atoms with van der Waals surface area (Å²) in [5.41, 5.74) is -0.0968. The summed E-state index contributed by atoms with van der Waals surface area (Å²) in [4.78, 5) is 13.5. The Morgan fingerprint density at radius 2 is 2.24 bits per heavy atom. The molecule has 0 aliphatic carbocycles. The lowest BCUT2D eigenvalue weighted by atomic mass is 10.1. The highest BCUT2D eigenvalue weighted by atomic mass is 19.1. The average molecular weight is 241 g/mol. The summed E-state index contributed by atoms with van der Waals surface area (Å²) in [5.74, 6) is -1.93. The molecule has 1 aromatic rings. The van der Waals surface area contributed by atoms with Crippen LogP contribution in [0.4, 0.5) is 8.78 Å². The third-order valence-corrected chi connectivity index (χ3v) is 2.69. The number of nitrogens with zero attached hydrogens (tertiary/aromatic N) is 1. The first-order valence-electron chi connectivity index (χ1n) is 5.44. The third-order valence-electron chi connectivity index (χ3n) is 2.69. The van der Waals surface area contributed by atoms with Gasteiger partial charge in [-0.25, -0.2) is 8.78 Å². The summed E-state index contributed by atoms with van der Waals surface area (Å²) in [6.45, 7) is 3.14. The minimum atomic E-state index is -0.825. The van der Waals surface area contributed by atoms with E-state index in [1.807, 2.05) is 6.92 Å². The Hall–Kier alpha value is -1.49. The topological polar surface area (TPSA) is 29.5 Å². The van der Waals surface area contributed by atoms with Gasteiger partial charge in [0.1, 0.15) is 11.6 Å². The van der Waals surface area contributed by atoms with Gasteiger partial charge in [0.25, 0.3) is 5.91 Å². The van der Waals surface area contributed by atoms with E-state index in [-0.39, 0.29) is 11.7 Å². The first-order valence-corrected chi connectivity index (χ1v) is 5.44. The molecular weight excluding hydrogens is 228 g/mol. The van der Waals surface area contributed by atoms with Crippen LogP contribution in [0.25, 0.3) is 0 Å². The van der Waals surface area contributed by atoms with Crippen molar-refractivity contribution in [2.24, 2.45) is 0 Å². The van der Waals surface area contributed by atoms with Gasteiger partial charge in [-0.15, -0.1) is 0 Å². The molecular formula is C12H13F2NO2. The van der Waals surface area contributed by atoms with E-state index in [9.17, 15) is 13.6 Å². The molecule has 1 heterocycles. The number of carbonyl (C=O) groups is 1. The van der Waals surface area contributed by atoms with Crippen molar-refractivity contribution >= 4 is 5.91 Å². The molecule has 1 saturated heterocycles. The van der Waals surface area contributed by atoms with Crippen LogP contribution < -0.4 is 0 Å². The maximum absolute atomic E-state index is 13.4. The van der Waals surface area contributed by atoms with Crippen LogP contribution >= 0.6 is 0 Å². The number of halogens is 2. The standard InChI is InChI=1S/C12H13F2NO2/c1-8-7-15(4-5-17-8)12(16)10-3-2-9(13)6-11(10)14/h2-3,6,8H,4-5,7H2,1H3. The van der Waals surface area contributed by atoms with Gasteiger partial charge >= 0.3 is 0 Å². The quantitative estimate of drug-likeness (QED) is 0.750. The molecule has 17 heavy (non-hydrogen) atoms. The molecule has 1 aromatic carbocycles. The lowest BCUT2D eigenvalue weighted by molar-refractivity contribution is -0.0125. The van der Waals surface area contributed by atoms with Crippen LogP contribution in [-0.4, -0.2) is 36.6 Å². The number of morpholine rings is 1. The number of hydrogen-bond acceptors (Lipinski definition) is 2. The summed E-state index contributed by atoms with van der Waals surface area (Å²) >= 11 is 0. The molecule has 1 aliphatic rings. The Labute approximate surface area is 98.0 Å². The Morgan fingerprint density at radius 3 is 2.88 bits per heavy atom. The monoisotopic (exact) mass is 241 g/mol. The molecule has 1 aliphatic heterocycles. The molecule has 0 N–H and O–H groups in total. The van der Waals surface area contributed by atoms with Crippen molar-refractivity contribution in [2.45, 2.75) is 13.0 Å². The van der Waals surface area contributed by atoms with Gasteiger partial charge in [0.15, 0.2) is 0 Å². The van der Waals surface area contributed by atoms with Gasteiger partial charge in [-0.1, -0.05) is 0 Å². The normalized spacial score (nSPS) is 20.4. The van der Waals surface area contributed by atoms with Crippen molar-refractivity contribution in [3.05, 3.63) is 35.4 Å². The largest absolute Gasteiger partial charge is 0.375 e. The molecule has 5 heteroatoms. The Bertz CT molecular complexity index is 437. The van der Waals surface area contributed by atoms with Crippen LogP contribution in [0.5, 0.6) is 0 Å². The molecule has 0 saturated carbocycles. The van der Waals surface area contributed by atoms with Crippen LogP contribution in [0.1, 0.15) is 17.3 Å². The van der Waals surface area contributed by atoms with E-state index >= 15 is 0 Å². The van der Waals surface area contributed by atoms with Gasteiger partial charge in [-0.3, -0.25) is 4.79 Å². The molecule has 0 aromatic heterocycles. The van der Waals surface area contributed by atoms with Gasteiger partial charge < -0.3 is 9.64 Å². The molecule has 1 fully saturated rings. The number of ether oxygens (including phenoxy) is 1. The zero-order chi connectivity index (χ0) is 12.4. The fourth-order valence-corrected chi connectivity index (χ4v) is 1.84. The van der Waals surface area contributed by atoms with E-state index in [1.54, 1.807) is 0 Å². The number of hydrogen-bond donors (Lipinski definition) is 0.